The Morgan fingerprint density at radius 1 is 1.07 bits per heavy atom. The lowest BCUT2D eigenvalue weighted by molar-refractivity contribution is 0.0950. The molecule has 150 valence electrons. The minimum absolute atomic E-state index is 0.275. The molecule has 0 saturated carbocycles. The van der Waals surface area contributed by atoms with E-state index < -0.39 is 5.91 Å². The Morgan fingerprint density at radius 3 is 2.31 bits per heavy atom. The predicted octanol–water partition coefficient (Wildman–Crippen LogP) is 3.52. The first-order valence-corrected chi connectivity index (χ1v) is 8.88. The van der Waals surface area contributed by atoms with Gasteiger partial charge in [-0.2, -0.15) is 10.2 Å². The number of hydrogen-bond donors (Lipinski definition) is 2. The fraction of sp³-hybridized carbons (Fsp3) is 0.150. The van der Waals surface area contributed by atoms with Crippen LogP contribution in [0.2, 0.25) is 5.02 Å². The normalized spacial score (nSPS) is 10.8. The van der Waals surface area contributed by atoms with E-state index in [9.17, 15) is 4.79 Å². The molecule has 8 nitrogen and oxygen atoms in total. The first-order valence-electron chi connectivity index (χ1n) is 8.50. The number of H-pyrrole nitrogens is 1. The van der Waals surface area contributed by atoms with Crippen LogP contribution in [0, 0.1) is 0 Å². The Kier molecular flexibility index (Phi) is 6.36. The third kappa shape index (κ3) is 4.67. The lowest BCUT2D eigenvalue weighted by Gasteiger charge is -2.12. The molecule has 2 aromatic carbocycles. The Balaban J connectivity index is 1.71. The number of nitrogens with one attached hydrogen (secondary N) is 2. The molecule has 0 atom stereocenters. The minimum atomic E-state index is -0.429. The Hall–Kier alpha value is -3.52. The standard InChI is InChI=1S/C20H19ClN4O4/c1-27-17-8-12(9-18(28-2)19(17)29-3)11-22-25-20(26)16-10-15(23-24-16)13-4-6-14(21)7-5-13/h4-11H,1-3H3,(H,23,24)(H,25,26). The topological polar surface area (TPSA) is 97.8 Å². The summed E-state index contributed by atoms with van der Waals surface area (Å²) in [6, 6.07) is 12.2. The largest absolute Gasteiger partial charge is 0.493 e. The van der Waals surface area contributed by atoms with E-state index in [4.69, 9.17) is 25.8 Å². The van der Waals surface area contributed by atoms with Crippen LogP contribution in [0.1, 0.15) is 16.1 Å². The summed E-state index contributed by atoms with van der Waals surface area (Å²) in [6.07, 6.45) is 1.47. The highest BCUT2D eigenvalue weighted by Crippen LogP contribution is 2.37. The van der Waals surface area contributed by atoms with Crippen molar-refractivity contribution in [2.75, 3.05) is 21.3 Å². The number of amides is 1. The smallest absolute Gasteiger partial charge is 0.289 e. The second-order valence-corrected chi connectivity index (χ2v) is 6.27. The summed E-state index contributed by atoms with van der Waals surface area (Å²) in [7, 11) is 4.57. The lowest BCUT2D eigenvalue weighted by atomic mass is 10.1. The van der Waals surface area contributed by atoms with Crippen molar-refractivity contribution in [1.82, 2.24) is 15.6 Å². The summed E-state index contributed by atoms with van der Waals surface area (Å²) in [6.45, 7) is 0. The average Bonchev–Trinajstić information content (AvgIpc) is 3.23. The number of aromatic nitrogens is 2. The molecular formula is C20H19ClN4O4. The van der Waals surface area contributed by atoms with Gasteiger partial charge in [-0.05, 0) is 30.3 Å². The van der Waals surface area contributed by atoms with Gasteiger partial charge in [-0.1, -0.05) is 23.7 Å². The number of nitrogens with zero attached hydrogens (tertiary/aromatic N) is 2. The monoisotopic (exact) mass is 414 g/mol. The molecule has 1 heterocycles. The number of benzene rings is 2. The molecule has 3 rings (SSSR count). The van der Waals surface area contributed by atoms with E-state index in [1.165, 1.54) is 27.5 Å². The molecule has 0 saturated heterocycles. The number of rotatable bonds is 7. The minimum Gasteiger partial charge on any atom is -0.493 e. The Bertz CT molecular complexity index is 1010. The van der Waals surface area contributed by atoms with Crippen molar-refractivity contribution in [3.05, 3.63) is 58.7 Å². The fourth-order valence-corrected chi connectivity index (χ4v) is 2.73. The summed E-state index contributed by atoms with van der Waals surface area (Å²) in [5.41, 5.74) is 4.85. The summed E-state index contributed by atoms with van der Waals surface area (Å²) < 4.78 is 15.9. The summed E-state index contributed by atoms with van der Waals surface area (Å²) >= 11 is 5.89. The highest BCUT2D eigenvalue weighted by atomic mass is 35.5. The van der Waals surface area contributed by atoms with Gasteiger partial charge in [-0.25, -0.2) is 5.43 Å². The molecule has 0 aliphatic rings. The fourth-order valence-electron chi connectivity index (χ4n) is 2.61. The van der Waals surface area contributed by atoms with Gasteiger partial charge in [0.2, 0.25) is 5.75 Å². The summed E-state index contributed by atoms with van der Waals surface area (Å²) in [5, 5.41) is 11.4. The molecular weight excluding hydrogens is 396 g/mol. The zero-order chi connectivity index (χ0) is 20.8. The van der Waals surface area contributed by atoms with Gasteiger partial charge in [-0.3, -0.25) is 9.89 Å². The van der Waals surface area contributed by atoms with Crippen LogP contribution in [-0.4, -0.2) is 43.6 Å². The average molecular weight is 415 g/mol. The van der Waals surface area contributed by atoms with Gasteiger partial charge in [0.25, 0.3) is 5.91 Å². The number of carbonyl (C=O) groups excluding carboxylic acids is 1. The number of methoxy groups -OCH3 is 3. The van der Waals surface area contributed by atoms with Crippen LogP contribution in [-0.2, 0) is 0 Å². The molecule has 0 aliphatic carbocycles. The van der Waals surface area contributed by atoms with E-state index in [2.05, 4.69) is 20.7 Å². The van der Waals surface area contributed by atoms with Gasteiger partial charge in [-0.15, -0.1) is 0 Å². The molecule has 3 aromatic rings. The number of aromatic amines is 1. The molecule has 0 unspecified atom stereocenters. The van der Waals surface area contributed by atoms with Crippen molar-refractivity contribution in [3.8, 4) is 28.5 Å². The van der Waals surface area contributed by atoms with Crippen LogP contribution in [0.25, 0.3) is 11.3 Å². The highest BCUT2D eigenvalue weighted by Gasteiger charge is 2.13. The van der Waals surface area contributed by atoms with Crippen molar-refractivity contribution >= 4 is 23.7 Å². The van der Waals surface area contributed by atoms with Crippen molar-refractivity contribution in [2.45, 2.75) is 0 Å². The van der Waals surface area contributed by atoms with Crippen molar-refractivity contribution in [3.63, 3.8) is 0 Å². The van der Waals surface area contributed by atoms with Gasteiger partial charge >= 0.3 is 0 Å². The first kappa shape index (κ1) is 20.2. The molecule has 0 aliphatic heterocycles. The van der Waals surface area contributed by atoms with Crippen molar-refractivity contribution < 1.29 is 19.0 Å². The molecule has 9 heteroatoms. The van der Waals surface area contributed by atoms with Gasteiger partial charge in [0.15, 0.2) is 11.5 Å². The molecule has 0 bridgehead atoms. The van der Waals surface area contributed by atoms with Crippen molar-refractivity contribution in [2.24, 2.45) is 5.10 Å². The van der Waals surface area contributed by atoms with Gasteiger partial charge in [0.1, 0.15) is 5.69 Å². The molecule has 1 amide bonds. The second-order valence-electron chi connectivity index (χ2n) is 5.83. The van der Waals surface area contributed by atoms with E-state index in [1.54, 1.807) is 30.3 Å². The summed E-state index contributed by atoms with van der Waals surface area (Å²) in [5.74, 6) is 1.02. The predicted molar refractivity (Wildman–Crippen MR) is 110 cm³/mol. The van der Waals surface area contributed by atoms with E-state index in [0.717, 1.165) is 5.56 Å². The number of hydrogen-bond acceptors (Lipinski definition) is 6. The quantitative estimate of drug-likeness (QED) is 0.455. The number of carbonyl (C=O) groups is 1. The first-order chi connectivity index (χ1) is 14.0. The number of hydrazone groups is 1. The van der Waals surface area contributed by atoms with E-state index in [-0.39, 0.29) is 5.69 Å². The summed E-state index contributed by atoms with van der Waals surface area (Å²) in [4.78, 5) is 12.3. The number of ether oxygens (including phenoxy) is 3. The molecule has 2 N–H and O–H groups in total. The maximum absolute atomic E-state index is 12.3. The van der Waals surface area contributed by atoms with Crippen LogP contribution in [0.15, 0.2) is 47.6 Å². The van der Waals surface area contributed by atoms with Gasteiger partial charge < -0.3 is 14.2 Å². The Morgan fingerprint density at radius 2 is 1.72 bits per heavy atom. The zero-order valence-corrected chi connectivity index (χ0v) is 16.8. The third-order valence-electron chi connectivity index (χ3n) is 4.03. The lowest BCUT2D eigenvalue weighted by Crippen LogP contribution is -2.18. The van der Waals surface area contributed by atoms with Crippen LogP contribution < -0.4 is 19.6 Å². The van der Waals surface area contributed by atoms with Crippen molar-refractivity contribution in [1.29, 1.82) is 0 Å². The highest BCUT2D eigenvalue weighted by molar-refractivity contribution is 6.30. The SMILES string of the molecule is COc1cc(C=NNC(=O)c2cc(-c3ccc(Cl)cc3)n[nH]2)cc(OC)c1OC. The Labute approximate surface area is 172 Å². The molecule has 29 heavy (non-hydrogen) atoms. The van der Waals surface area contributed by atoms with E-state index in [1.807, 2.05) is 12.1 Å². The van der Waals surface area contributed by atoms with Gasteiger partial charge in [0, 0.05) is 16.1 Å². The van der Waals surface area contributed by atoms with Crippen LogP contribution in [0.4, 0.5) is 0 Å². The van der Waals surface area contributed by atoms with Crippen LogP contribution >= 0.6 is 11.6 Å². The third-order valence-corrected chi connectivity index (χ3v) is 4.28. The van der Waals surface area contributed by atoms with E-state index in [0.29, 0.717) is 33.5 Å². The van der Waals surface area contributed by atoms with E-state index >= 15 is 0 Å². The second kappa shape index (κ2) is 9.11. The molecule has 1 aromatic heterocycles. The van der Waals surface area contributed by atoms with Crippen LogP contribution in [0.3, 0.4) is 0 Å². The zero-order valence-electron chi connectivity index (χ0n) is 16.0. The maximum atomic E-state index is 12.3. The maximum Gasteiger partial charge on any atom is 0.289 e. The van der Waals surface area contributed by atoms with Crippen LogP contribution in [0.5, 0.6) is 17.2 Å². The molecule has 0 spiro atoms. The number of halogens is 1. The molecule has 0 fully saturated rings. The molecule has 0 radical (unpaired) electrons. The van der Waals surface area contributed by atoms with Gasteiger partial charge in [0.05, 0.1) is 33.2 Å².